The molecule has 3 aromatic rings. The number of fused-ring (bicyclic) bond motifs is 1. The Hall–Kier alpha value is -2.40. The molecule has 0 aliphatic rings. The van der Waals surface area contributed by atoms with Gasteiger partial charge in [-0.05, 0) is 12.1 Å². The van der Waals surface area contributed by atoms with E-state index < -0.39 is 6.10 Å². The van der Waals surface area contributed by atoms with E-state index in [1.807, 2.05) is 24.3 Å². The third-order valence-electron chi connectivity index (χ3n) is 2.93. The van der Waals surface area contributed by atoms with Crippen molar-refractivity contribution < 1.29 is 9.52 Å². The van der Waals surface area contributed by atoms with Crippen LogP contribution in [0.4, 0.5) is 0 Å². The molecule has 5 heteroatoms. The van der Waals surface area contributed by atoms with Gasteiger partial charge >= 0.3 is 0 Å². The molecule has 0 spiro atoms. The summed E-state index contributed by atoms with van der Waals surface area (Å²) in [5.74, 6) is 0.442. The van der Waals surface area contributed by atoms with Crippen LogP contribution >= 0.6 is 0 Å². The van der Waals surface area contributed by atoms with E-state index in [0.717, 1.165) is 11.0 Å². The first-order valence-corrected chi connectivity index (χ1v) is 5.91. The smallest absolute Gasteiger partial charge is 0.253 e. The molecule has 1 aromatic carbocycles. The number of hydrogen-bond donors (Lipinski definition) is 1. The fourth-order valence-corrected chi connectivity index (χ4v) is 1.96. The highest BCUT2D eigenvalue weighted by atomic mass is 16.4. The first-order chi connectivity index (χ1) is 9.24. The van der Waals surface area contributed by atoms with Crippen LogP contribution in [0.25, 0.3) is 11.0 Å². The van der Waals surface area contributed by atoms with Crippen LogP contribution < -0.4 is 5.56 Å². The first-order valence-electron chi connectivity index (χ1n) is 5.91. The Morgan fingerprint density at radius 1 is 1.32 bits per heavy atom. The van der Waals surface area contributed by atoms with Crippen LogP contribution in [0, 0.1) is 0 Å². The maximum Gasteiger partial charge on any atom is 0.253 e. The number of aliphatic hydroxyl groups excluding tert-OH is 1. The molecule has 0 bridgehead atoms. The topological polar surface area (TPSA) is 68.3 Å². The molecular weight excluding hydrogens is 244 g/mol. The van der Waals surface area contributed by atoms with Gasteiger partial charge in [-0.25, -0.2) is 4.98 Å². The second kappa shape index (κ2) is 4.70. The van der Waals surface area contributed by atoms with E-state index in [1.165, 1.54) is 23.2 Å². The van der Waals surface area contributed by atoms with Crippen molar-refractivity contribution >= 4 is 11.0 Å². The molecule has 2 heterocycles. The molecule has 0 radical (unpaired) electrons. The lowest BCUT2D eigenvalue weighted by atomic mass is 10.2. The van der Waals surface area contributed by atoms with Gasteiger partial charge in [0.1, 0.15) is 17.4 Å². The Labute approximate surface area is 108 Å². The van der Waals surface area contributed by atoms with E-state index in [0.29, 0.717) is 5.76 Å². The molecular formula is C14H12N2O3. The molecule has 0 aliphatic carbocycles. The number of aliphatic hydroxyl groups is 1. The lowest BCUT2D eigenvalue weighted by Crippen LogP contribution is -2.22. The maximum atomic E-state index is 11.5. The summed E-state index contributed by atoms with van der Waals surface area (Å²) in [6.07, 6.45) is 1.94. The molecule has 0 fully saturated rings. The zero-order valence-electron chi connectivity index (χ0n) is 10.1. The predicted molar refractivity (Wildman–Crippen MR) is 69.7 cm³/mol. The molecule has 1 unspecified atom stereocenters. The molecule has 0 amide bonds. The Balaban J connectivity index is 1.90. The van der Waals surface area contributed by atoms with Crippen molar-refractivity contribution in [1.82, 2.24) is 9.55 Å². The van der Waals surface area contributed by atoms with Crippen LogP contribution in [0.3, 0.4) is 0 Å². The Morgan fingerprint density at radius 2 is 2.16 bits per heavy atom. The molecule has 0 aliphatic heterocycles. The fourth-order valence-electron chi connectivity index (χ4n) is 1.96. The van der Waals surface area contributed by atoms with Gasteiger partial charge in [0.25, 0.3) is 5.56 Å². The average molecular weight is 256 g/mol. The summed E-state index contributed by atoms with van der Waals surface area (Å²) >= 11 is 0. The van der Waals surface area contributed by atoms with Gasteiger partial charge in [-0.1, -0.05) is 18.2 Å². The number of para-hydroxylation sites is 1. The van der Waals surface area contributed by atoms with Gasteiger partial charge < -0.3 is 9.52 Å². The lowest BCUT2D eigenvalue weighted by molar-refractivity contribution is 0.131. The van der Waals surface area contributed by atoms with Crippen molar-refractivity contribution in [3.8, 4) is 0 Å². The molecule has 1 N–H and O–H groups in total. The molecule has 19 heavy (non-hydrogen) atoms. The average Bonchev–Trinajstić information content (AvgIpc) is 2.85. The second-order valence-corrected chi connectivity index (χ2v) is 4.27. The van der Waals surface area contributed by atoms with Crippen molar-refractivity contribution in [3.63, 3.8) is 0 Å². The Bertz CT molecular complexity index is 727. The fraction of sp³-hybridized carbons (Fsp3) is 0.143. The molecule has 2 aromatic heterocycles. The summed E-state index contributed by atoms with van der Waals surface area (Å²) in [6.45, 7) is 0.118. The highest BCUT2D eigenvalue weighted by Gasteiger charge is 2.14. The Kier molecular flexibility index (Phi) is 2.89. The SMILES string of the molecule is O=c1ccncn1CC(O)c1cc2ccccc2o1. The molecule has 0 saturated heterocycles. The lowest BCUT2D eigenvalue weighted by Gasteiger charge is -2.09. The maximum absolute atomic E-state index is 11.5. The summed E-state index contributed by atoms with van der Waals surface area (Å²) in [4.78, 5) is 15.4. The van der Waals surface area contributed by atoms with Crippen LogP contribution in [0.1, 0.15) is 11.9 Å². The van der Waals surface area contributed by atoms with E-state index in [-0.39, 0.29) is 12.1 Å². The Morgan fingerprint density at radius 3 is 2.95 bits per heavy atom. The number of rotatable bonds is 3. The van der Waals surface area contributed by atoms with Crippen LogP contribution in [0.2, 0.25) is 0 Å². The molecule has 5 nitrogen and oxygen atoms in total. The molecule has 0 saturated carbocycles. The number of benzene rings is 1. The summed E-state index contributed by atoms with van der Waals surface area (Å²) < 4.78 is 6.90. The van der Waals surface area contributed by atoms with Crippen molar-refractivity contribution in [2.24, 2.45) is 0 Å². The normalized spacial score (nSPS) is 12.7. The largest absolute Gasteiger partial charge is 0.458 e. The monoisotopic (exact) mass is 256 g/mol. The van der Waals surface area contributed by atoms with Crippen molar-refractivity contribution in [2.75, 3.05) is 0 Å². The first kappa shape index (κ1) is 11.7. The third kappa shape index (κ3) is 2.28. The van der Waals surface area contributed by atoms with Crippen LogP contribution in [-0.4, -0.2) is 14.7 Å². The minimum absolute atomic E-state index is 0.118. The van der Waals surface area contributed by atoms with Gasteiger partial charge in [-0.3, -0.25) is 9.36 Å². The van der Waals surface area contributed by atoms with Gasteiger partial charge in [0.15, 0.2) is 0 Å². The quantitative estimate of drug-likeness (QED) is 0.774. The number of nitrogens with zero attached hydrogens (tertiary/aromatic N) is 2. The van der Waals surface area contributed by atoms with Crippen LogP contribution in [-0.2, 0) is 6.54 Å². The van der Waals surface area contributed by atoms with Gasteiger partial charge in [0, 0.05) is 17.6 Å². The van der Waals surface area contributed by atoms with E-state index in [4.69, 9.17) is 4.42 Å². The highest BCUT2D eigenvalue weighted by Crippen LogP contribution is 2.24. The standard InChI is InChI=1S/C14H12N2O3/c17-11(8-16-9-15-6-5-14(16)18)13-7-10-3-1-2-4-12(10)19-13/h1-7,9,11,17H,8H2. The zero-order chi connectivity index (χ0) is 13.2. The van der Waals surface area contributed by atoms with Crippen molar-refractivity contribution in [2.45, 2.75) is 12.6 Å². The van der Waals surface area contributed by atoms with Crippen LogP contribution in [0.5, 0.6) is 0 Å². The molecule has 3 rings (SSSR count). The summed E-state index contributed by atoms with van der Waals surface area (Å²) in [5.41, 5.74) is 0.514. The van der Waals surface area contributed by atoms with Gasteiger partial charge in [0.05, 0.1) is 12.9 Å². The van der Waals surface area contributed by atoms with E-state index in [9.17, 15) is 9.90 Å². The number of hydrogen-bond acceptors (Lipinski definition) is 4. The summed E-state index contributed by atoms with van der Waals surface area (Å²) in [7, 11) is 0. The number of aromatic nitrogens is 2. The molecule has 96 valence electrons. The predicted octanol–water partition coefficient (Wildman–Crippen LogP) is 1.72. The van der Waals surface area contributed by atoms with E-state index >= 15 is 0 Å². The highest BCUT2D eigenvalue weighted by molar-refractivity contribution is 5.77. The molecule has 1 atom stereocenters. The van der Waals surface area contributed by atoms with Crippen LogP contribution in [0.15, 0.2) is 58.1 Å². The summed E-state index contributed by atoms with van der Waals surface area (Å²) in [6, 6.07) is 10.6. The van der Waals surface area contributed by atoms with Crippen molar-refractivity contribution in [3.05, 3.63) is 65.0 Å². The minimum Gasteiger partial charge on any atom is -0.458 e. The van der Waals surface area contributed by atoms with E-state index in [1.54, 1.807) is 6.07 Å². The minimum atomic E-state index is -0.880. The number of furan rings is 1. The van der Waals surface area contributed by atoms with Crippen molar-refractivity contribution in [1.29, 1.82) is 0 Å². The van der Waals surface area contributed by atoms with Gasteiger partial charge in [-0.15, -0.1) is 0 Å². The van der Waals surface area contributed by atoms with Gasteiger partial charge in [-0.2, -0.15) is 0 Å². The summed E-state index contributed by atoms with van der Waals surface area (Å²) in [5, 5.41) is 11.0. The third-order valence-corrected chi connectivity index (χ3v) is 2.93. The second-order valence-electron chi connectivity index (χ2n) is 4.27. The van der Waals surface area contributed by atoms with E-state index in [2.05, 4.69) is 4.98 Å². The zero-order valence-corrected chi connectivity index (χ0v) is 10.1. The van der Waals surface area contributed by atoms with Gasteiger partial charge in [0.2, 0.25) is 0 Å².